The van der Waals surface area contributed by atoms with Crippen molar-refractivity contribution in [3.63, 3.8) is 0 Å². The predicted octanol–water partition coefficient (Wildman–Crippen LogP) is 2.98. The van der Waals surface area contributed by atoms with Crippen LogP contribution in [0.15, 0.2) is 18.2 Å². The molecule has 0 aromatic heterocycles. The maximum Gasteiger partial charge on any atom is 0.0595 e. The van der Waals surface area contributed by atoms with E-state index in [1.165, 1.54) is 19.3 Å². The molecule has 1 aliphatic heterocycles. The molecule has 5 heteroatoms. The van der Waals surface area contributed by atoms with E-state index in [1.54, 1.807) is 0 Å². The number of nitrogens with one attached hydrogen (secondary N) is 1. The summed E-state index contributed by atoms with van der Waals surface area (Å²) in [6.45, 7) is 2.70. The van der Waals surface area contributed by atoms with Gasteiger partial charge in [-0.3, -0.25) is 0 Å². The summed E-state index contributed by atoms with van der Waals surface area (Å²) in [6, 6.07) is 5.78. The second kappa shape index (κ2) is 6.73. The molecule has 1 fully saturated rings. The van der Waals surface area contributed by atoms with Crippen molar-refractivity contribution in [1.29, 1.82) is 0 Å². The van der Waals surface area contributed by atoms with Crippen LogP contribution in [0.3, 0.4) is 0 Å². The number of halogens is 2. The number of hydrogen-bond acceptors (Lipinski definition) is 3. The summed E-state index contributed by atoms with van der Waals surface area (Å²) in [6.07, 6.45) is 3.80. The van der Waals surface area contributed by atoms with Crippen molar-refractivity contribution in [2.45, 2.75) is 25.3 Å². The molecule has 1 unspecified atom stereocenters. The number of piperidine rings is 1. The highest BCUT2D eigenvalue weighted by molar-refractivity contribution is 6.42. The molecule has 0 bridgehead atoms. The minimum Gasteiger partial charge on any atom is -0.329 e. The molecule has 0 amide bonds. The Morgan fingerprint density at radius 1 is 1.17 bits per heavy atom. The molecule has 0 aliphatic carbocycles. The van der Waals surface area contributed by atoms with Gasteiger partial charge in [0.25, 0.3) is 0 Å². The number of benzene rings is 1. The standard InChI is InChI=1S/C13H19Cl2N3/c14-11-5-4-10(8-12(11)15)13(9-16)17-18-6-2-1-3-7-18/h4-5,8,13,17H,1-3,6-7,9,16H2. The fourth-order valence-corrected chi connectivity index (χ4v) is 2.54. The summed E-state index contributed by atoms with van der Waals surface area (Å²) < 4.78 is 0. The third-order valence-corrected chi connectivity index (χ3v) is 4.02. The quantitative estimate of drug-likeness (QED) is 0.895. The van der Waals surface area contributed by atoms with Crippen molar-refractivity contribution >= 4 is 23.2 Å². The smallest absolute Gasteiger partial charge is 0.0595 e. The number of hydrogen-bond donors (Lipinski definition) is 2. The summed E-state index contributed by atoms with van der Waals surface area (Å²) in [4.78, 5) is 0. The van der Waals surface area contributed by atoms with Crippen molar-refractivity contribution < 1.29 is 0 Å². The van der Waals surface area contributed by atoms with E-state index in [0.29, 0.717) is 16.6 Å². The fourth-order valence-electron chi connectivity index (χ4n) is 2.24. The lowest BCUT2D eigenvalue weighted by atomic mass is 10.1. The summed E-state index contributed by atoms with van der Waals surface area (Å²) in [5.74, 6) is 0. The van der Waals surface area contributed by atoms with Gasteiger partial charge in [0.1, 0.15) is 0 Å². The van der Waals surface area contributed by atoms with Crippen LogP contribution in [-0.4, -0.2) is 24.6 Å². The maximum absolute atomic E-state index is 6.04. The first kappa shape index (κ1) is 14.1. The lowest BCUT2D eigenvalue weighted by molar-refractivity contribution is 0.130. The van der Waals surface area contributed by atoms with E-state index >= 15 is 0 Å². The van der Waals surface area contributed by atoms with Gasteiger partial charge in [-0.05, 0) is 30.5 Å². The highest BCUT2D eigenvalue weighted by Crippen LogP contribution is 2.25. The molecule has 1 atom stereocenters. The van der Waals surface area contributed by atoms with E-state index in [-0.39, 0.29) is 6.04 Å². The van der Waals surface area contributed by atoms with Crippen LogP contribution >= 0.6 is 23.2 Å². The second-order valence-corrected chi connectivity index (χ2v) is 5.45. The lowest BCUT2D eigenvalue weighted by Crippen LogP contribution is -2.45. The number of rotatable bonds is 4. The first-order valence-corrected chi connectivity index (χ1v) is 7.12. The number of nitrogens with zero attached hydrogens (tertiary/aromatic N) is 1. The van der Waals surface area contributed by atoms with Gasteiger partial charge < -0.3 is 5.73 Å². The summed E-state index contributed by atoms with van der Waals surface area (Å²) in [5.41, 5.74) is 10.4. The van der Waals surface area contributed by atoms with Crippen LogP contribution < -0.4 is 11.2 Å². The highest BCUT2D eigenvalue weighted by Gasteiger charge is 2.16. The SMILES string of the molecule is NCC(NN1CCCCC1)c1ccc(Cl)c(Cl)c1. The minimum absolute atomic E-state index is 0.0952. The highest BCUT2D eigenvalue weighted by atomic mass is 35.5. The zero-order valence-electron chi connectivity index (χ0n) is 10.3. The topological polar surface area (TPSA) is 41.3 Å². The van der Waals surface area contributed by atoms with Gasteiger partial charge >= 0.3 is 0 Å². The van der Waals surface area contributed by atoms with Gasteiger partial charge in [-0.15, -0.1) is 0 Å². The van der Waals surface area contributed by atoms with E-state index in [9.17, 15) is 0 Å². The van der Waals surface area contributed by atoms with Crippen LogP contribution in [0.5, 0.6) is 0 Å². The van der Waals surface area contributed by atoms with Crippen LogP contribution in [0.2, 0.25) is 10.0 Å². The van der Waals surface area contributed by atoms with E-state index in [1.807, 2.05) is 18.2 Å². The van der Waals surface area contributed by atoms with Crippen molar-refractivity contribution in [2.75, 3.05) is 19.6 Å². The molecule has 0 spiro atoms. The molecular formula is C13H19Cl2N3. The number of hydrazine groups is 1. The first-order chi connectivity index (χ1) is 8.70. The molecule has 0 saturated carbocycles. The lowest BCUT2D eigenvalue weighted by Gasteiger charge is -2.31. The molecule has 3 N–H and O–H groups in total. The van der Waals surface area contributed by atoms with Crippen LogP contribution in [0.4, 0.5) is 0 Å². The Morgan fingerprint density at radius 2 is 1.89 bits per heavy atom. The predicted molar refractivity (Wildman–Crippen MR) is 76.8 cm³/mol. The van der Waals surface area contributed by atoms with Gasteiger partial charge in [0.2, 0.25) is 0 Å². The summed E-state index contributed by atoms with van der Waals surface area (Å²) in [5, 5.41) is 3.41. The maximum atomic E-state index is 6.04. The fraction of sp³-hybridized carbons (Fsp3) is 0.538. The van der Waals surface area contributed by atoms with Crippen LogP contribution in [0.25, 0.3) is 0 Å². The Kier molecular flexibility index (Phi) is 5.27. The first-order valence-electron chi connectivity index (χ1n) is 6.37. The zero-order valence-corrected chi connectivity index (χ0v) is 11.8. The van der Waals surface area contributed by atoms with Crippen molar-refractivity contribution in [1.82, 2.24) is 10.4 Å². The molecular weight excluding hydrogens is 269 g/mol. The normalized spacial score (nSPS) is 18.8. The third kappa shape index (κ3) is 3.59. The summed E-state index contributed by atoms with van der Waals surface area (Å²) in [7, 11) is 0. The van der Waals surface area contributed by atoms with Crippen LogP contribution in [0, 0.1) is 0 Å². The molecule has 0 radical (unpaired) electrons. The van der Waals surface area contributed by atoms with Crippen molar-refractivity contribution in [2.24, 2.45) is 5.73 Å². The second-order valence-electron chi connectivity index (χ2n) is 4.64. The largest absolute Gasteiger partial charge is 0.329 e. The van der Waals surface area contributed by atoms with Crippen molar-refractivity contribution in [3.05, 3.63) is 33.8 Å². The molecule has 18 heavy (non-hydrogen) atoms. The van der Waals surface area contributed by atoms with E-state index < -0.39 is 0 Å². The molecule has 1 aliphatic rings. The molecule has 1 saturated heterocycles. The van der Waals surface area contributed by atoms with Gasteiger partial charge in [-0.25, -0.2) is 10.4 Å². The number of nitrogens with two attached hydrogens (primary N) is 1. The Balaban J connectivity index is 2.04. The Bertz CT molecular complexity index is 392. The average Bonchev–Trinajstić information content (AvgIpc) is 2.40. The molecule has 2 rings (SSSR count). The third-order valence-electron chi connectivity index (χ3n) is 3.28. The molecule has 100 valence electrons. The zero-order chi connectivity index (χ0) is 13.0. The molecule has 1 aromatic rings. The monoisotopic (exact) mass is 287 g/mol. The van der Waals surface area contributed by atoms with Gasteiger partial charge in [0, 0.05) is 19.6 Å². The molecule has 3 nitrogen and oxygen atoms in total. The van der Waals surface area contributed by atoms with Crippen LogP contribution in [-0.2, 0) is 0 Å². The van der Waals surface area contributed by atoms with Gasteiger partial charge in [0.15, 0.2) is 0 Å². The van der Waals surface area contributed by atoms with E-state index in [0.717, 1.165) is 18.7 Å². The van der Waals surface area contributed by atoms with Gasteiger partial charge in [0.05, 0.1) is 16.1 Å². The molecule has 1 heterocycles. The van der Waals surface area contributed by atoms with Gasteiger partial charge in [-0.2, -0.15) is 0 Å². The van der Waals surface area contributed by atoms with Crippen molar-refractivity contribution in [3.8, 4) is 0 Å². The Hall–Kier alpha value is -0.320. The van der Waals surface area contributed by atoms with Crippen LogP contribution in [0.1, 0.15) is 30.9 Å². The summed E-state index contributed by atoms with van der Waals surface area (Å²) >= 11 is 12.0. The van der Waals surface area contributed by atoms with E-state index in [4.69, 9.17) is 28.9 Å². The Labute approximate surface area is 118 Å². The molecule has 1 aromatic carbocycles. The Morgan fingerprint density at radius 3 is 2.50 bits per heavy atom. The average molecular weight is 288 g/mol. The van der Waals surface area contributed by atoms with Gasteiger partial charge in [-0.1, -0.05) is 35.7 Å². The minimum atomic E-state index is 0.0952. The van der Waals surface area contributed by atoms with E-state index in [2.05, 4.69) is 10.4 Å².